The number of pyridine rings is 1. The van der Waals surface area contributed by atoms with Crippen molar-refractivity contribution < 1.29 is 17.9 Å². The van der Waals surface area contributed by atoms with Crippen molar-refractivity contribution in [1.29, 1.82) is 0 Å². The fourth-order valence-corrected chi connectivity index (χ4v) is 1.80. The minimum absolute atomic E-state index is 0.0308. The van der Waals surface area contributed by atoms with Crippen molar-refractivity contribution in [3.05, 3.63) is 22.8 Å². The average Bonchev–Trinajstić information content (AvgIpc) is 2.14. The second kappa shape index (κ2) is 4.34. The van der Waals surface area contributed by atoms with Crippen molar-refractivity contribution in [2.24, 2.45) is 0 Å². The molecule has 1 heterocycles. The van der Waals surface area contributed by atoms with E-state index >= 15 is 0 Å². The highest BCUT2D eigenvalue weighted by Gasteiger charge is 2.17. The predicted molar refractivity (Wildman–Crippen MR) is 53.6 cm³/mol. The largest absolute Gasteiger partial charge is 0.465 e. The molecule has 1 aromatic rings. The molecule has 0 aromatic carbocycles. The molecular formula is C7H5Cl2NO4S. The number of hydrogen-bond acceptors (Lipinski definition) is 5. The third kappa shape index (κ3) is 3.05. The summed E-state index contributed by atoms with van der Waals surface area (Å²) >= 11 is 5.52. The maximum atomic E-state index is 11.1. The zero-order valence-corrected chi connectivity index (χ0v) is 9.73. The van der Waals surface area contributed by atoms with Gasteiger partial charge in [0.25, 0.3) is 9.05 Å². The summed E-state index contributed by atoms with van der Waals surface area (Å²) in [5.74, 6) is -0.721. The van der Waals surface area contributed by atoms with E-state index in [2.05, 4.69) is 9.72 Å². The van der Waals surface area contributed by atoms with E-state index in [1.54, 1.807) is 0 Å². The van der Waals surface area contributed by atoms with E-state index in [1.807, 2.05) is 0 Å². The van der Waals surface area contributed by atoms with Gasteiger partial charge in [0.2, 0.25) is 0 Å². The molecular weight excluding hydrogens is 265 g/mol. The average molecular weight is 270 g/mol. The van der Waals surface area contributed by atoms with E-state index in [-0.39, 0.29) is 10.7 Å². The smallest absolute Gasteiger partial charge is 0.338 e. The molecule has 1 rings (SSSR count). The number of ether oxygens (including phenoxy) is 1. The Morgan fingerprint density at radius 1 is 1.47 bits per heavy atom. The topological polar surface area (TPSA) is 73.3 Å². The molecule has 0 unspecified atom stereocenters. The van der Waals surface area contributed by atoms with Crippen molar-refractivity contribution in [2.75, 3.05) is 7.11 Å². The van der Waals surface area contributed by atoms with Crippen LogP contribution in [-0.2, 0) is 13.8 Å². The number of carbonyl (C=O) groups excluding carboxylic acids is 1. The van der Waals surface area contributed by atoms with Crippen LogP contribution in [0, 0.1) is 0 Å². The first-order chi connectivity index (χ1) is 6.84. The Labute approximate surface area is 95.4 Å². The van der Waals surface area contributed by atoms with Crippen LogP contribution >= 0.6 is 22.3 Å². The van der Waals surface area contributed by atoms with Crippen LogP contribution in [0.1, 0.15) is 10.4 Å². The molecule has 0 N–H and O–H groups in total. The first-order valence-electron chi connectivity index (χ1n) is 3.55. The van der Waals surface area contributed by atoms with Crippen LogP contribution in [0.25, 0.3) is 0 Å². The number of rotatable bonds is 2. The lowest BCUT2D eigenvalue weighted by Crippen LogP contribution is -2.04. The summed E-state index contributed by atoms with van der Waals surface area (Å²) in [5, 5.41) is -0.644. The number of nitrogens with zero attached hydrogens (tertiary/aromatic N) is 1. The molecule has 0 amide bonds. The van der Waals surface area contributed by atoms with E-state index in [9.17, 15) is 13.2 Å². The quantitative estimate of drug-likeness (QED) is 0.462. The van der Waals surface area contributed by atoms with Crippen LogP contribution in [0.2, 0.25) is 5.15 Å². The minimum Gasteiger partial charge on any atom is -0.465 e. The molecule has 15 heavy (non-hydrogen) atoms. The van der Waals surface area contributed by atoms with Gasteiger partial charge in [-0.25, -0.2) is 18.2 Å². The van der Waals surface area contributed by atoms with Gasteiger partial charge in [0.15, 0.2) is 5.03 Å². The predicted octanol–water partition coefficient (Wildman–Crippen LogP) is 1.45. The second-order valence-corrected chi connectivity index (χ2v) is 5.35. The molecule has 0 spiro atoms. The molecule has 8 heteroatoms. The number of methoxy groups -OCH3 is 1. The summed E-state index contributed by atoms with van der Waals surface area (Å²) in [5.41, 5.74) is -0.0308. The maximum absolute atomic E-state index is 11.1. The number of esters is 1. The van der Waals surface area contributed by atoms with Crippen LogP contribution < -0.4 is 0 Å². The normalized spacial score (nSPS) is 11.1. The molecule has 0 saturated carbocycles. The van der Waals surface area contributed by atoms with Crippen molar-refractivity contribution in [3.8, 4) is 0 Å². The first kappa shape index (κ1) is 12.2. The molecule has 0 saturated heterocycles. The lowest BCUT2D eigenvalue weighted by molar-refractivity contribution is 0.0600. The first-order valence-corrected chi connectivity index (χ1v) is 6.24. The summed E-state index contributed by atoms with van der Waals surface area (Å²) < 4.78 is 26.3. The van der Waals surface area contributed by atoms with E-state index < -0.39 is 20.0 Å². The Kier molecular flexibility index (Phi) is 3.54. The highest BCUT2D eigenvalue weighted by molar-refractivity contribution is 8.13. The second-order valence-electron chi connectivity index (χ2n) is 2.45. The van der Waals surface area contributed by atoms with E-state index in [0.717, 1.165) is 13.2 Å². The number of aromatic nitrogens is 1. The fraction of sp³-hybridized carbons (Fsp3) is 0.143. The SMILES string of the molecule is COC(=O)c1cc(Cl)nc(S(=O)(=O)Cl)c1. The molecule has 0 radical (unpaired) electrons. The van der Waals surface area contributed by atoms with Gasteiger partial charge in [-0.15, -0.1) is 0 Å². The van der Waals surface area contributed by atoms with Crippen molar-refractivity contribution in [2.45, 2.75) is 5.03 Å². The molecule has 82 valence electrons. The van der Waals surface area contributed by atoms with Crippen LogP contribution in [0.3, 0.4) is 0 Å². The number of carbonyl (C=O) groups is 1. The van der Waals surface area contributed by atoms with Gasteiger partial charge in [-0.05, 0) is 12.1 Å². The maximum Gasteiger partial charge on any atom is 0.338 e. The number of halogens is 2. The summed E-state index contributed by atoms with van der Waals surface area (Å²) in [6.07, 6.45) is 0. The standard InChI is InChI=1S/C7H5Cl2NO4S/c1-14-7(11)4-2-5(8)10-6(3-4)15(9,12)13/h2-3H,1H3. The minimum atomic E-state index is -4.02. The summed E-state index contributed by atoms with van der Waals surface area (Å²) in [4.78, 5) is 14.6. The molecule has 1 aromatic heterocycles. The van der Waals surface area contributed by atoms with Gasteiger partial charge in [0, 0.05) is 10.7 Å². The Bertz CT molecular complexity index is 500. The molecule has 5 nitrogen and oxygen atoms in total. The zero-order chi connectivity index (χ0) is 11.6. The Hall–Kier alpha value is -0.850. The van der Waals surface area contributed by atoms with Gasteiger partial charge in [-0.1, -0.05) is 11.6 Å². The summed E-state index contributed by atoms with van der Waals surface area (Å²) in [6, 6.07) is 2.17. The Balaban J connectivity index is 3.35. The molecule has 0 fully saturated rings. The van der Waals surface area contributed by atoms with E-state index in [0.29, 0.717) is 0 Å². The molecule has 0 bridgehead atoms. The van der Waals surface area contributed by atoms with Crippen LogP contribution in [0.15, 0.2) is 17.2 Å². The van der Waals surface area contributed by atoms with Gasteiger partial charge in [0.1, 0.15) is 5.15 Å². The van der Waals surface area contributed by atoms with Crippen molar-refractivity contribution >= 4 is 37.3 Å². The third-order valence-corrected chi connectivity index (χ3v) is 2.82. The monoisotopic (exact) mass is 269 g/mol. The van der Waals surface area contributed by atoms with Gasteiger partial charge >= 0.3 is 5.97 Å². The zero-order valence-electron chi connectivity index (χ0n) is 7.40. The van der Waals surface area contributed by atoms with E-state index in [1.165, 1.54) is 6.07 Å². The van der Waals surface area contributed by atoms with Crippen molar-refractivity contribution in [3.63, 3.8) is 0 Å². The van der Waals surface area contributed by atoms with Crippen LogP contribution in [0.4, 0.5) is 0 Å². The highest BCUT2D eigenvalue weighted by Crippen LogP contribution is 2.18. The number of hydrogen-bond donors (Lipinski definition) is 0. The van der Waals surface area contributed by atoms with Crippen LogP contribution in [-0.4, -0.2) is 26.5 Å². The Morgan fingerprint density at radius 3 is 2.53 bits per heavy atom. The molecule has 0 aliphatic carbocycles. The Morgan fingerprint density at radius 2 is 2.07 bits per heavy atom. The van der Waals surface area contributed by atoms with Gasteiger partial charge < -0.3 is 4.74 Å². The van der Waals surface area contributed by atoms with E-state index in [4.69, 9.17) is 22.3 Å². The van der Waals surface area contributed by atoms with Crippen LogP contribution in [0.5, 0.6) is 0 Å². The molecule has 0 aliphatic rings. The lowest BCUT2D eigenvalue weighted by Gasteiger charge is -2.01. The highest BCUT2D eigenvalue weighted by atomic mass is 35.7. The summed E-state index contributed by atoms with van der Waals surface area (Å²) in [7, 11) is 2.19. The van der Waals surface area contributed by atoms with Crippen molar-refractivity contribution in [1.82, 2.24) is 4.98 Å². The fourth-order valence-electron chi connectivity index (χ4n) is 0.833. The molecule has 0 atom stereocenters. The summed E-state index contributed by atoms with van der Waals surface area (Å²) in [6.45, 7) is 0. The lowest BCUT2D eigenvalue weighted by atomic mass is 10.3. The molecule has 0 aliphatic heterocycles. The van der Waals surface area contributed by atoms with Gasteiger partial charge in [-0.2, -0.15) is 0 Å². The van der Waals surface area contributed by atoms with Gasteiger partial charge in [-0.3, -0.25) is 0 Å². The van der Waals surface area contributed by atoms with Gasteiger partial charge in [0.05, 0.1) is 12.7 Å². The third-order valence-electron chi connectivity index (χ3n) is 1.44.